The third-order valence-corrected chi connectivity index (χ3v) is 3.96. The molecule has 1 aromatic carbocycles. The van der Waals surface area contributed by atoms with Gasteiger partial charge in [0.15, 0.2) is 17.2 Å². The molecule has 124 valence electrons. The molecule has 0 spiro atoms. The lowest BCUT2D eigenvalue weighted by Crippen LogP contribution is -2.34. The summed E-state index contributed by atoms with van der Waals surface area (Å²) >= 11 is 0. The second kappa shape index (κ2) is 6.43. The molecule has 24 heavy (non-hydrogen) atoms. The quantitative estimate of drug-likeness (QED) is 0.790. The second-order valence-corrected chi connectivity index (χ2v) is 6.02. The minimum absolute atomic E-state index is 0.119. The number of rotatable bonds is 4. The molecule has 1 N–H and O–H groups in total. The van der Waals surface area contributed by atoms with Gasteiger partial charge >= 0.3 is 0 Å². The number of hydrogen-bond acceptors (Lipinski definition) is 3. The SMILES string of the molecule is Cc1cccc(CC(C)NC(=O)c2oc3c(F)cccc3c2C)n1. The number of hydrogen-bond donors (Lipinski definition) is 1. The van der Waals surface area contributed by atoms with E-state index in [1.807, 2.05) is 32.0 Å². The van der Waals surface area contributed by atoms with E-state index in [-0.39, 0.29) is 23.3 Å². The highest BCUT2D eigenvalue weighted by atomic mass is 19.1. The van der Waals surface area contributed by atoms with Crippen LogP contribution in [0.5, 0.6) is 0 Å². The molecule has 1 amide bonds. The summed E-state index contributed by atoms with van der Waals surface area (Å²) in [6, 6.07) is 10.3. The predicted molar refractivity (Wildman–Crippen MR) is 90.5 cm³/mol. The number of nitrogens with zero attached hydrogens (tertiary/aromatic N) is 1. The fourth-order valence-electron chi connectivity index (χ4n) is 2.79. The Morgan fingerprint density at radius 3 is 2.71 bits per heavy atom. The summed E-state index contributed by atoms with van der Waals surface area (Å²) in [5, 5.41) is 3.51. The number of aromatic nitrogens is 1. The molecule has 0 aliphatic carbocycles. The average Bonchev–Trinajstić information content (AvgIpc) is 2.86. The van der Waals surface area contributed by atoms with Crippen molar-refractivity contribution in [2.24, 2.45) is 0 Å². The Hall–Kier alpha value is -2.69. The Balaban J connectivity index is 1.77. The van der Waals surface area contributed by atoms with Gasteiger partial charge in [-0.3, -0.25) is 9.78 Å². The van der Waals surface area contributed by atoms with Crippen molar-refractivity contribution in [1.82, 2.24) is 10.3 Å². The van der Waals surface area contributed by atoms with Gasteiger partial charge in [0.25, 0.3) is 5.91 Å². The summed E-state index contributed by atoms with van der Waals surface area (Å²) in [6.07, 6.45) is 0.612. The first-order chi connectivity index (χ1) is 11.5. The first kappa shape index (κ1) is 16.2. The van der Waals surface area contributed by atoms with Crippen LogP contribution in [-0.4, -0.2) is 16.9 Å². The van der Waals surface area contributed by atoms with Crippen LogP contribution in [-0.2, 0) is 6.42 Å². The van der Waals surface area contributed by atoms with Gasteiger partial charge < -0.3 is 9.73 Å². The van der Waals surface area contributed by atoms with E-state index < -0.39 is 5.82 Å². The maximum atomic E-state index is 13.8. The minimum Gasteiger partial charge on any atom is -0.448 e. The van der Waals surface area contributed by atoms with Crippen molar-refractivity contribution in [2.75, 3.05) is 0 Å². The molecule has 2 aromatic heterocycles. The molecule has 3 aromatic rings. The molecule has 4 nitrogen and oxygen atoms in total. The largest absolute Gasteiger partial charge is 0.448 e. The van der Waals surface area contributed by atoms with E-state index in [9.17, 15) is 9.18 Å². The van der Waals surface area contributed by atoms with E-state index in [4.69, 9.17) is 4.42 Å². The third-order valence-electron chi connectivity index (χ3n) is 3.96. The van der Waals surface area contributed by atoms with Gasteiger partial charge in [-0.2, -0.15) is 0 Å². The van der Waals surface area contributed by atoms with Crippen LogP contribution >= 0.6 is 0 Å². The number of furan rings is 1. The number of benzene rings is 1. The summed E-state index contributed by atoms with van der Waals surface area (Å²) < 4.78 is 19.3. The van der Waals surface area contributed by atoms with Crippen LogP contribution in [0.3, 0.4) is 0 Å². The molecule has 0 aliphatic rings. The van der Waals surface area contributed by atoms with Gasteiger partial charge in [0.05, 0.1) is 0 Å². The van der Waals surface area contributed by atoms with Crippen molar-refractivity contribution < 1.29 is 13.6 Å². The number of pyridine rings is 1. The fourth-order valence-corrected chi connectivity index (χ4v) is 2.79. The van der Waals surface area contributed by atoms with E-state index in [1.165, 1.54) is 6.07 Å². The highest BCUT2D eigenvalue weighted by Crippen LogP contribution is 2.27. The molecule has 1 unspecified atom stereocenters. The predicted octanol–water partition coefficient (Wildman–Crippen LogP) is 3.94. The van der Waals surface area contributed by atoms with Gasteiger partial charge in [-0.15, -0.1) is 0 Å². The number of halogens is 1. The van der Waals surface area contributed by atoms with Gasteiger partial charge in [0.2, 0.25) is 0 Å². The van der Waals surface area contributed by atoms with Crippen LogP contribution in [0.1, 0.15) is 34.4 Å². The standard InChI is InChI=1S/C19H19FN2O2/c1-11-6-4-7-14(21-11)10-12(2)22-19(23)17-13(3)15-8-5-9-16(20)18(15)24-17/h4-9,12H,10H2,1-3H3,(H,22,23). The Kier molecular flexibility index (Phi) is 4.34. The third kappa shape index (κ3) is 3.15. The van der Waals surface area contributed by atoms with Gasteiger partial charge in [-0.05, 0) is 39.0 Å². The number of aryl methyl sites for hydroxylation is 2. The summed E-state index contributed by atoms with van der Waals surface area (Å²) in [5.41, 5.74) is 2.61. The average molecular weight is 326 g/mol. The highest BCUT2D eigenvalue weighted by molar-refractivity contribution is 5.99. The maximum Gasteiger partial charge on any atom is 0.287 e. The fraction of sp³-hybridized carbons (Fsp3) is 0.263. The number of fused-ring (bicyclic) bond motifs is 1. The number of amides is 1. The van der Waals surface area contributed by atoms with E-state index in [0.717, 1.165) is 11.4 Å². The number of para-hydroxylation sites is 1. The van der Waals surface area contributed by atoms with Gasteiger partial charge in [0, 0.05) is 34.8 Å². The van der Waals surface area contributed by atoms with Crippen molar-refractivity contribution in [1.29, 1.82) is 0 Å². The minimum atomic E-state index is -0.466. The maximum absolute atomic E-state index is 13.8. The summed E-state index contributed by atoms with van der Waals surface area (Å²) in [4.78, 5) is 16.9. The van der Waals surface area contributed by atoms with Crippen LogP contribution in [0.15, 0.2) is 40.8 Å². The van der Waals surface area contributed by atoms with Gasteiger partial charge in [-0.25, -0.2) is 4.39 Å². The zero-order chi connectivity index (χ0) is 17.3. The second-order valence-electron chi connectivity index (χ2n) is 6.02. The molecule has 0 aliphatic heterocycles. The molecule has 0 radical (unpaired) electrons. The summed E-state index contributed by atoms with van der Waals surface area (Å²) in [7, 11) is 0. The van der Waals surface area contributed by atoms with Crippen LogP contribution in [0, 0.1) is 19.7 Å². The molecule has 0 fully saturated rings. The molecule has 0 saturated carbocycles. The van der Waals surface area contributed by atoms with Crippen LogP contribution < -0.4 is 5.32 Å². The molecular weight excluding hydrogens is 307 g/mol. The van der Waals surface area contributed by atoms with Crippen LogP contribution in [0.4, 0.5) is 4.39 Å². The molecule has 0 bridgehead atoms. The van der Waals surface area contributed by atoms with Crippen molar-refractivity contribution in [3.8, 4) is 0 Å². The first-order valence-electron chi connectivity index (χ1n) is 7.86. The molecule has 1 atom stereocenters. The summed E-state index contributed by atoms with van der Waals surface area (Å²) in [6.45, 7) is 5.59. The Morgan fingerprint density at radius 2 is 2.00 bits per heavy atom. The monoisotopic (exact) mass is 326 g/mol. The lowest BCUT2D eigenvalue weighted by Gasteiger charge is -2.13. The van der Waals surface area contributed by atoms with Crippen LogP contribution in [0.2, 0.25) is 0 Å². The summed E-state index contributed by atoms with van der Waals surface area (Å²) in [5.74, 6) is -0.658. The van der Waals surface area contributed by atoms with E-state index in [1.54, 1.807) is 19.1 Å². The molecule has 3 rings (SSSR count). The molecule has 0 saturated heterocycles. The molecule has 5 heteroatoms. The smallest absolute Gasteiger partial charge is 0.287 e. The highest BCUT2D eigenvalue weighted by Gasteiger charge is 2.20. The molecular formula is C19H19FN2O2. The van der Waals surface area contributed by atoms with Crippen LogP contribution in [0.25, 0.3) is 11.0 Å². The topological polar surface area (TPSA) is 55.1 Å². The lowest BCUT2D eigenvalue weighted by atomic mass is 10.1. The van der Waals surface area contributed by atoms with E-state index in [0.29, 0.717) is 17.4 Å². The lowest BCUT2D eigenvalue weighted by molar-refractivity contribution is 0.0913. The normalized spacial score (nSPS) is 12.3. The van der Waals surface area contributed by atoms with Gasteiger partial charge in [-0.1, -0.05) is 18.2 Å². The van der Waals surface area contributed by atoms with Crippen molar-refractivity contribution in [3.05, 3.63) is 64.9 Å². The van der Waals surface area contributed by atoms with Crippen molar-refractivity contribution in [3.63, 3.8) is 0 Å². The number of carbonyl (C=O) groups is 1. The Morgan fingerprint density at radius 1 is 1.25 bits per heavy atom. The Bertz CT molecular complexity index is 902. The first-order valence-corrected chi connectivity index (χ1v) is 7.86. The zero-order valence-corrected chi connectivity index (χ0v) is 13.9. The zero-order valence-electron chi connectivity index (χ0n) is 13.9. The number of carbonyl (C=O) groups excluding carboxylic acids is 1. The van der Waals surface area contributed by atoms with Crippen molar-refractivity contribution in [2.45, 2.75) is 33.2 Å². The van der Waals surface area contributed by atoms with E-state index >= 15 is 0 Å². The molecule has 2 heterocycles. The van der Waals surface area contributed by atoms with Gasteiger partial charge in [0.1, 0.15) is 0 Å². The van der Waals surface area contributed by atoms with E-state index in [2.05, 4.69) is 10.3 Å². The Labute approximate surface area is 139 Å². The van der Waals surface area contributed by atoms with Crippen molar-refractivity contribution >= 4 is 16.9 Å². The number of nitrogens with one attached hydrogen (secondary N) is 1.